The Bertz CT molecular complexity index is 1940. The molecule has 272 valence electrons. The zero-order valence-corrected chi connectivity index (χ0v) is 29.7. The normalized spacial score (nSPS) is 20.2. The minimum atomic E-state index is -4.35. The fourth-order valence-electron chi connectivity index (χ4n) is 7.25. The van der Waals surface area contributed by atoms with Gasteiger partial charge in [0.1, 0.15) is 12.4 Å². The van der Waals surface area contributed by atoms with Gasteiger partial charge in [-0.25, -0.2) is 14.2 Å². The largest absolute Gasteiger partial charge is 0.469 e. The molecule has 16 heteroatoms. The second kappa shape index (κ2) is 15.0. The molecule has 0 spiro atoms. The smallest absolute Gasteiger partial charge is 0.401 e. The van der Waals surface area contributed by atoms with Crippen LogP contribution in [-0.2, 0) is 34.2 Å². The fraction of sp³-hybridized carbons (Fsp3) is 0.429. The van der Waals surface area contributed by atoms with E-state index in [2.05, 4.69) is 10.3 Å². The average molecular weight is 750 g/mol. The molecule has 0 aliphatic carbocycles. The number of benzene rings is 2. The molecule has 6 rings (SSSR count). The summed E-state index contributed by atoms with van der Waals surface area (Å²) in [5.41, 5.74) is 1.32. The van der Waals surface area contributed by atoms with E-state index < -0.39 is 30.5 Å². The molecule has 2 saturated heterocycles. The molecule has 51 heavy (non-hydrogen) atoms. The van der Waals surface area contributed by atoms with Gasteiger partial charge in [0.2, 0.25) is 0 Å². The zero-order valence-electron chi connectivity index (χ0n) is 28.1. The molecule has 4 aromatic rings. The number of esters is 1. The minimum Gasteiger partial charge on any atom is -0.469 e. The van der Waals surface area contributed by atoms with Crippen LogP contribution >= 0.6 is 22.9 Å². The van der Waals surface area contributed by atoms with Crippen LogP contribution in [0.3, 0.4) is 0 Å². The highest BCUT2D eigenvalue weighted by atomic mass is 35.5. The third kappa shape index (κ3) is 7.82. The maximum Gasteiger partial charge on any atom is 0.401 e. The van der Waals surface area contributed by atoms with Crippen molar-refractivity contribution in [2.75, 3.05) is 51.7 Å². The predicted octanol–water partition coefficient (Wildman–Crippen LogP) is 6.30. The van der Waals surface area contributed by atoms with E-state index in [1.165, 1.54) is 29.4 Å². The van der Waals surface area contributed by atoms with Crippen LogP contribution < -0.4 is 5.32 Å². The number of halogens is 5. The number of methoxy groups -OCH3 is 1. The van der Waals surface area contributed by atoms with Crippen molar-refractivity contribution >= 4 is 57.3 Å². The molecular formula is C35H38ClF4N6O4S+. The van der Waals surface area contributed by atoms with Gasteiger partial charge in [-0.1, -0.05) is 29.8 Å². The summed E-state index contributed by atoms with van der Waals surface area (Å²) in [7, 11) is 3.13. The van der Waals surface area contributed by atoms with Crippen molar-refractivity contribution in [3.63, 3.8) is 0 Å². The first-order valence-electron chi connectivity index (χ1n) is 16.6. The molecule has 0 bridgehead atoms. The second-order valence-electron chi connectivity index (χ2n) is 12.9. The third-order valence-corrected chi connectivity index (χ3v) is 11.2. The van der Waals surface area contributed by atoms with E-state index in [1.54, 1.807) is 12.4 Å². The topological polar surface area (TPSA) is 96.8 Å². The third-order valence-electron chi connectivity index (χ3n) is 9.71. The summed E-state index contributed by atoms with van der Waals surface area (Å²) in [6, 6.07) is 9.37. The molecule has 0 saturated carbocycles. The molecule has 0 radical (unpaired) electrons. The van der Waals surface area contributed by atoms with Crippen molar-refractivity contribution < 1.29 is 41.3 Å². The van der Waals surface area contributed by atoms with E-state index in [0.29, 0.717) is 36.4 Å². The lowest BCUT2D eigenvalue weighted by Crippen LogP contribution is -2.67. The Labute approximate surface area is 301 Å². The number of aromatic nitrogens is 2. The number of piperazine rings is 1. The number of thiazole rings is 1. The number of carbonyl (C=O) groups excluding carboxylic acids is 3. The van der Waals surface area contributed by atoms with Gasteiger partial charge in [0.25, 0.3) is 5.91 Å². The summed E-state index contributed by atoms with van der Waals surface area (Å²) < 4.78 is 61.8. The van der Waals surface area contributed by atoms with Gasteiger partial charge < -0.3 is 14.6 Å². The first-order chi connectivity index (χ1) is 24.3. The molecule has 2 aliphatic heterocycles. The second-order valence-corrected chi connectivity index (χ2v) is 14.5. The van der Waals surface area contributed by atoms with Gasteiger partial charge in [0.05, 0.1) is 55.9 Å². The van der Waals surface area contributed by atoms with Crippen LogP contribution in [-0.4, -0.2) is 94.4 Å². The summed E-state index contributed by atoms with van der Waals surface area (Å²) in [6.07, 6.45) is 0.462. The quantitative estimate of drug-likeness (QED) is 0.116. The summed E-state index contributed by atoms with van der Waals surface area (Å²) >= 11 is 7.97. The Hall–Kier alpha value is -3.89. The number of alkyl halides is 3. The molecule has 2 aliphatic rings. The van der Waals surface area contributed by atoms with Gasteiger partial charge >= 0.3 is 18.1 Å². The van der Waals surface area contributed by atoms with Crippen molar-refractivity contribution in [1.29, 1.82) is 0 Å². The molecule has 2 aromatic heterocycles. The number of para-hydroxylation sites is 1. The first-order valence-corrected chi connectivity index (χ1v) is 17.8. The summed E-state index contributed by atoms with van der Waals surface area (Å²) in [5, 5.41) is 6.04. The number of anilines is 1. The lowest BCUT2D eigenvalue weighted by Gasteiger charge is -2.47. The van der Waals surface area contributed by atoms with Crippen molar-refractivity contribution in [1.82, 2.24) is 19.5 Å². The Balaban J connectivity index is 1.26. The predicted molar refractivity (Wildman–Crippen MR) is 185 cm³/mol. The van der Waals surface area contributed by atoms with Crippen LogP contribution in [0.4, 0.5) is 23.2 Å². The molecule has 10 nitrogen and oxygen atoms in total. The number of quaternary nitrogens is 1. The lowest BCUT2D eigenvalue weighted by molar-refractivity contribution is -0.985. The van der Waals surface area contributed by atoms with Gasteiger partial charge in [-0.3, -0.25) is 14.5 Å². The van der Waals surface area contributed by atoms with E-state index in [1.807, 2.05) is 40.9 Å². The van der Waals surface area contributed by atoms with Crippen LogP contribution in [0.15, 0.2) is 48.8 Å². The van der Waals surface area contributed by atoms with Crippen LogP contribution in [0, 0.1) is 5.82 Å². The zero-order chi connectivity index (χ0) is 36.5. The highest BCUT2D eigenvalue weighted by Crippen LogP contribution is 2.44. The average Bonchev–Trinajstić information content (AvgIpc) is 3.83. The summed E-state index contributed by atoms with van der Waals surface area (Å²) in [5.74, 6) is -1.90. The van der Waals surface area contributed by atoms with Crippen LogP contribution in [0.2, 0.25) is 5.02 Å². The van der Waals surface area contributed by atoms with Gasteiger partial charge in [0, 0.05) is 66.7 Å². The Morgan fingerprint density at radius 3 is 2.61 bits per heavy atom. The van der Waals surface area contributed by atoms with Crippen molar-refractivity contribution in [2.24, 2.45) is 7.05 Å². The Morgan fingerprint density at radius 1 is 1.14 bits per heavy atom. The molecular weight excluding hydrogens is 712 g/mol. The maximum atomic E-state index is 15.8. The van der Waals surface area contributed by atoms with Crippen molar-refractivity contribution in [2.45, 2.75) is 44.3 Å². The van der Waals surface area contributed by atoms with Gasteiger partial charge in [-0.05, 0) is 24.6 Å². The number of ether oxygens (including phenoxy) is 1. The Kier molecular flexibility index (Phi) is 10.8. The summed E-state index contributed by atoms with van der Waals surface area (Å²) in [6.45, 7) is -0.0711. The maximum absolute atomic E-state index is 15.8. The standard InChI is InChI=1S/C35H37ClF4N6O4S/c1-43-20-25(24-6-3-4-7-29(24)43)33(49)42-28-18-27(37)22(16-26(28)36)17-31(47)46(45-13-11-44(12-14-45)21-35(38,39)40)15-5-8-30(46)34-41-19-23(51-34)9-10-32(48)50-2/h3-4,6-7,16,18-20,30H,5,8-15,17,21H2,1-2H3/p+1/t30-,46?/m0/s1. The van der Waals surface area contributed by atoms with E-state index in [4.69, 9.17) is 16.3 Å². The number of fused-ring (bicyclic) bond motifs is 1. The molecule has 2 amide bonds. The molecule has 4 heterocycles. The molecule has 2 fully saturated rings. The number of nitrogens with one attached hydrogen (secondary N) is 1. The van der Waals surface area contributed by atoms with Gasteiger partial charge in [-0.15, -0.1) is 16.3 Å². The van der Waals surface area contributed by atoms with E-state index >= 15 is 4.39 Å². The molecule has 1 unspecified atom stereocenters. The number of nitrogens with zero attached hydrogens (tertiary/aromatic N) is 5. The number of hydrogen-bond acceptors (Lipinski definition) is 8. The monoisotopic (exact) mass is 749 g/mol. The van der Waals surface area contributed by atoms with E-state index in [9.17, 15) is 27.6 Å². The number of carbonyl (C=O) groups is 3. The fourth-order valence-corrected chi connectivity index (χ4v) is 8.60. The number of amides is 2. The van der Waals surface area contributed by atoms with E-state index in [-0.39, 0.29) is 71.8 Å². The van der Waals surface area contributed by atoms with Crippen molar-refractivity contribution in [3.8, 4) is 0 Å². The Morgan fingerprint density at radius 2 is 1.88 bits per heavy atom. The number of likely N-dealkylation sites (tertiary alicyclic amines) is 1. The molecule has 1 N–H and O–H groups in total. The van der Waals surface area contributed by atoms with Gasteiger partial charge in [0.15, 0.2) is 11.0 Å². The minimum absolute atomic E-state index is 0.0323. The van der Waals surface area contributed by atoms with Crippen molar-refractivity contribution in [3.05, 3.63) is 80.6 Å². The highest BCUT2D eigenvalue weighted by molar-refractivity contribution is 7.11. The van der Waals surface area contributed by atoms with Crippen LogP contribution in [0.1, 0.15) is 51.1 Å². The number of rotatable bonds is 10. The first kappa shape index (κ1) is 36.9. The number of hydrogen-bond donors (Lipinski definition) is 1. The molecule has 2 aromatic carbocycles. The highest BCUT2D eigenvalue weighted by Gasteiger charge is 2.55. The molecule has 2 atom stereocenters. The van der Waals surface area contributed by atoms with Crippen LogP contribution in [0.5, 0.6) is 0 Å². The number of aryl methyl sites for hydroxylation is 2. The summed E-state index contributed by atoms with van der Waals surface area (Å²) in [4.78, 5) is 46.4. The van der Waals surface area contributed by atoms with E-state index in [0.717, 1.165) is 21.8 Å². The SMILES string of the molecule is COC(=O)CCc1cnc([C@@H]2CCC[N+]2(C(=O)Cc2cc(Cl)c(NC(=O)c3cn(C)c4ccccc34)cc2F)N2CCN(CC(F)(F)F)CC2)s1. The van der Waals surface area contributed by atoms with Gasteiger partial charge in [-0.2, -0.15) is 17.8 Å². The van der Waals surface area contributed by atoms with Crippen LogP contribution in [0.25, 0.3) is 10.9 Å². The lowest BCUT2D eigenvalue weighted by atomic mass is 10.1.